The van der Waals surface area contributed by atoms with Gasteiger partial charge in [0, 0.05) is 37.8 Å². The quantitative estimate of drug-likeness (QED) is 0.846. The van der Waals surface area contributed by atoms with E-state index in [-0.39, 0.29) is 11.7 Å². The van der Waals surface area contributed by atoms with Crippen molar-refractivity contribution < 1.29 is 9.18 Å². The van der Waals surface area contributed by atoms with Gasteiger partial charge < -0.3 is 4.90 Å². The molecular formula is C20H21FN2O. The molecule has 1 aliphatic carbocycles. The summed E-state index contributed by atoms with van der Waals surface area (Å²) < 4.78 is 13.3. The number of rotatable bonds is 2. The number of nitrogens with zero attached hydrogens (tertiary/aromatic N) is 2. The Balaban J connectivity index is 1.42. The van der Waals surface area contributed by atoms with Crippen molar-refractivity contribution in [2.24, 2.45) is 0 Å². The van der Waals surface area contributed by atoms with Crippen molar-refractivity contribution >= 4 is 5.91 Å². The Labute approximate surface area is 141 Å². The molecular weight excluding hydrogens is 303 g/mol. The summed E-state index contributed by atoms with van der Waals surface area (Å²) in [7, 11) is 0. The second-order valence-corrected chi connectivity index (χ2v) is 6.59. The molecule has 0 spiro atoms. The number of halogens is 1. The van der Waals surface area contributed by atoms with Crippen LogP contribution >= 0.6 is 0 Å². The molecule has 0 aromatic heterocycles. The van der Waals surface area contributed by atoms with E-state index in [0.29, 0.717) is 24.7 Å². The Hall–Kier alpha value is -2.20. The number of benzene rings is 2. The summed E-state index contributed by atoms with van der Waals surface area (Å²) in [5, 5.41) is 0. The SMILES string of the molecule is O=C(c1cccc(F)c1)N1CCN(C2CCc3ccccc32)CC1. The van der Waals surface area contributed by atoms with Gasteiger partial charge in [-0.15, -0.1) is 0 Å². The number of hydrogen-bond acceptors (Lipinski definition) is 2. The van der Waals surface area contributed by atoms with Crippen LogP contribution in [0.2, 0.25) is 0 Å². The number of fused-ring (bicyclic) bond motifs is 1. The second-order valence-electron chi connectivity index (χ2n) is 6.59. The third-order valence-electron chi connectivity index (χ3n) is 5.22. The number of carbonyl (C=O) groups is 1. The van der Waals surface area contributed by atoms with Gasteiger partial charge in [-0.2, -0.15) is 0 Å². The lowest BCUT2D eigenvalue weighted by Gasteiger charge is -2.38. The molecule has 1 amide bonds. The summed E-state index contributed by atoms with van der Waals surface area (Å²) in [5.74, 6) is -0.428. The highest BCUT2D eigenvalue weighted by atomic mass is 19.1. The maximum absolute atomic E-state index is 13.3. The lowest BCUT2D eigenvalue weighted by molar-refractivity contribution is 0.0567. The number of amides is 1. The molecule has 2 aromatic rings. The van der Waals surface area contributed by atoms with Crippen molar-refractivity contribution in [3.63, 3.8) is 0 Å². The average Bonchev–Trinajstić information content (AvgIpc) is 3.05. The molecule has 0 radical (unpaired) electrons. The molecule has 3 nitrogen and oxygen atoms in total. The second kappa shape index (κ2) is 6.36. The zero-order valence-corrected chi connectivity index (χ0v) is 13.6. The maximum atomic E-state index is 13.3. The first kappa shape index (κ1) is 15.3. The monoisotopic (exact) mass is 324 g/mol. The van der Waals surface area contributed by atoms with Gasteiger partial charge in [-0.05, 0) is 42.2 Å². The fourth-order valence-corrected chi connectivity index (χ4v) is 3.95. The molecule has 2 aliphatic rings. The molecule has 1 saturated heterocycles. The molecule has 0 N–H and O–H groups in total. The summed E-state index contributed by atoms with van der Waals surface area (Å²) in [6.07, 6.45) is 2.31. The van der Waals surface area contributed by atoms with E-state index in [1.54, 1.807) is 12.1 Å². The van der Waals surface area contributed by atoms with E-state index in [2.05, 4.69) is 29.2 Å². The van der Waals surface area contributed by atoms with Crippen molar-refractivity contribution in [2.45, 2.75) is 18.9 Å². The first-order chi connectivity index (χ1) is 11.7. The molecule has 1 aliphatic heterocycles. The summed E-state index contributed by atoms with van der Waals surface area (Å²) in [6, 6.07) is 15.1. The normalized spacial score (nSPS) is 20.9. The van der Waals surface area contributed by atoms with Gasteiger partial charge in [0.05, 0.1) is 0 Å². The predicted octanol–water partition coefficient (Wildman–Crippen LogP) is 3.27. The van der Waals surface area contributed by atoms with E-state index >= 15 is 0 Å². The van der Waals surface area contributed by atoms with Crippen LogP contribution in [-0.4, -0.2) is 41.9 Å². The van der Waals surface area contributed by atoms with Crippen LogP contribution in [0.15, 0.2) is 48.5 Å². The molecule has 1 unspecified atom stereocenters. The van der Waals surface area contributed by atoms with Gasteiger partial charge in [0.2, 0.25) is 0 Å². The third kappa shape index (κ3) is 2.82. The molecule has 1 heterocycles. The van der Waals surface area contributed by atoms with E-state index in [9.17, 15) is 9.18 Å². The summed E-state index contributed by atoms with van der Waals surface area (Å²) in [6.45, 7) is 3.15. The van der Waals surface area contributed by atoms with Crippen molar-refractivity contribution in [1.29, 1.82) is 0 Å². The Morgan fingerprint density at radius 3 is 2.58 bits per heavy atom. The van der Waals surface area contributed by atoms with Crippen LogP contribution in [0.4, 0.5) is 4.39 Å². The van der Waals surface area contributed by atoms with Crippen LogP contribution in [0.25, 0.3) is 0 Å². The topological polar surface area (TPSA) is 23.6 Å². The van der Waals surface area contributed by atoms with Gasteiger partial charge in [-0.1, -0.05) is 30.3 Å². The Morgan fingerprint density at radius 1 is 1.00 bits per heavy atom. The average molecular weight is 324 g/mol. The minimum absolute atomic E-state index is 0.0685. The van der Waals surface area contributed by atoms with Crippen molar-refractivity contribution in [3.8, 4) is 0 Å². The Morgan fingerprint density at radius 2 is 1.79 bits per heavy atom. The van der Waals surface area contributed by atoms with Crippen molar-refractivity contribution in [2.75, 3.05) is 26.2 Å². The first-order valence-corrected chi connectivity index (χ1v) is 8.59. The maximum Gasteiger partial charge on any atom is 0.254 e. The molecule has 124 valence electrons. The van der Waals surface area contributed by atoms with Crippen LogP contribution < -0.4 is 0 Å². The van der Waals surface area contributed by atoms with Crippen molar-refractivity contribution in [1.82, 2.24) is 9.80 Å². The fourth-order valence-electron chi connectivity index (χ4n) is 3.95. The first-order valence-electron chi connectivity index (χ1n) is 8.59. The zero-order valence-electron chi connectivity index (χ0n) is 13.6. The number of aryl methyl sites for hydroxylation is 1. The Kier molecular flexibility index (Phi) is 4.07. The largest absolute Gasteiger partial charge is 0.336 e. The minimum Gasteiger partial charge on any atom is -0.336 e. The third-order valence-corrected chi connectivity index (χ3v) is 5.22. The molecule has 4 heteroatoms. The standard InChI is InChI=1S/C20H21FN2O/c21-17-6-3-5-16(14-17)20(24)23-12-10-22(11-13-23)19-9-8-15-4-1-2-7-18(15)19/h1-7,14,19H,8-13H2. The lowest BCUT2D eigenvalue weighted by atomic mass is 10.1. The predicted molar refractivity (Wildman–Crippen MR) is 91.4 cm³/mol. The summed E-state index contributed by atoms with van der Waals surface area (Å²) >= 11 is 0. The van der Waals surface area contributed by atoms with E-state index in [0.717, 1.165) is 25.9 Å². The van der Waals surface area contributed by atoms with Gasteiger partial charge in [0.15, 0.2) is 0 Å². The number of piperazine rings is 1. The van der Waals surface area contributed by atoms with E-state index in [1.807, 2.05) is 4.90 Å². The molecule has 1 fully saturated rings. The van der Waals surface area contributed by atoms with Gasteiger partial charge >= 0.3 is 0 Å². The highest BCUT2D eigenvalue weighted by molar-refractivity contribution is 5.94. The van der Waals surface area contributed by atoms with E-state index in [4.69, 9.17) is 0 Å². The van der Waals surface area contributed by atoms with Crippen molar-refractivity contribution in [3.05, 3.63) is 71.0 Å². The number of hydrogen-bond donors (Lipinski definition) is 0. The molecule has 1 atom stereocenters. The van der Waals surface area contributed by atoms with Crippen LogP contribution in [0.3, 0.4) is 0 Å². The van der Waals surface area contributed by atoms with Crippen LogP contribution in [0, 0.1) is 5.82 Å². The Bertz CT molecular complexity index is 753. The van der Waals surface area contributed by atoms with E-state index in [1.165, 1.54) is 23.3 Å². The van der Waals surface area contributed by atoms with Crippen LogP contribution in [-0.2, 0) is 6.42 Å². The lowest BCUT2D eigenvalue weighted by Crippen LogP contribution is -2.49. The van der Waals surface area contributed by atoms with Crippen LogP contribution in [0.1, 0.15) is 33.9 Å². The molecule has 4 rings (SSSR count). The minimum atomic E-state index is -0.359. The molecule has 0 bridgehead atoms. The van der Waals surface area contributed by atoms with Crippen LogP contribution in [0.5, 0.6) is 0 Å². The highest BCUT2D eigenvalue weighted by Crippen LogP contribution is 2.35. The van der Waals surface area contributed by atoms with Gasteiger partial charge in [-0.25, -0.2) is 4.39 Å². The molecule has 2 aromatic carbocycles. The summed E-state index contributed by atoms with van der Waals surface area (Å²) in [4.78, 5) is 16.8. The molecule has 0 saturated carbocycles. The molecule has 24 heavy (non-hydrogen) atoms. The number of carbonyl (C=O) groups excluding carboxylic acids is 1. The van der Waals surface area contributed by atoms with Gasteiger partial charge in [0.1, 0.15) is 5.82 Å². The zero-order chi connectivity index (χ0) is 16.5. The van der Waals surface area contributed by atoms with E-state index < -0.39 is 0 Å². The van der Waals surface area contributed by atoms with Gasteiger partial charge in [-0.3, -0.25) is 9.69 Å². The highest BCUT2D eigenvalue weighted by Gasteiger charge is 2.31. The smallest absolute Gasteiger partial charge is 0.254 e. The fraction of sp³-hybridized carbons (Fsp3) is 0.350. The summed E-state index contributed by atoms with van der Waals surface area (Å²) in [5.41, 5.74) is 3.35. The van der Waals surface area contributed by atoms with Gasteiger partial charge in [0.25, 0.3) is 5.91 Å².